The van der Waals surface area contributed by atoms with E-state index in [1.54, 1.807) is 7.11 Å². The van der Waals surface area contributed by atoms with Crippen molar-refractivity contribution in [3.63, 3.8) is 0 Å². The Morgan fingerprint density at radius 3 is 3.00 bits per heavy atom. The third kappa shape index (κ3) is 1.65. The number of hydrogen-bond donors (Lipinski definition) is 0. The fourth-order valence-corrected chi connectivity index (χ4v) is 0.552. The highest BCUT2D eigenvalue weighted by atomic mass is 35.5. The van der Waals surface area contributed by atoms with Crippen LogP contribution in [0.1, 0.15) is 5.82 Å². The van der Waals surface area contributed by atoms with Crippen LogP contribution in [0.3, 0.4) is 0 Å². The molecule has 9 heavy (non-hydrogen) atoms. The van der Waals surface area contributed by atoms with Crippen LogP contribution in [0.2, 0.25) is 5.35 Å². The predicted molar refractivity (Wildman–Crippen MR) is 30.0 cm³/mol. The second kappa shape index (κ2) is 2.80. The lowest BCUT2D eigenvalue weighted by molar-refractivity contribution is 0.174. The lowest BCUT2D eigenvalue weighted by Crippen LogP contribution is -1.88. The van der Waals surface area contributed by atoms with Crippen LogP contribution in [0.4, 0.5) is 0 Å². The number of nitrogens with zero attached hydrogens (tertiary/aromatic N) is 2. The molecule has 0 amide bonds. The van der Waals surface area contributed by atoms with Gasteiger partial charge in [-0.1, -0.05) is 5.16 Å². The molecule has 0 saturated heterocycles. The monoisotopic (exact) mass is 148 g/mol. The summed E-state index contributed by atoms with van der Waals surface area (Å²) in [6.45, 7) is 0.330. The number of aromatic nitrogens is 2. The average molecular weight is 149 g/mol. The molecule has 0 fully saturated rings. The maximum atomic E-state index is 5.30. The Bertz CT molecular complexity index is 188. The van der Waals surface area contributed by atoms with Crippen molar-refractivity contribution in [2.24, 2.45) is 0 Å². The van der Waals surface area contributed by atoms with Crippen LogP contribution < -0.4 is 0 Å². The summed E-state index contributed by atoms with van der Waals surface area (Å²) in [6, 6.07) is 0. The molecule has 1 rings (SSSR count). The van der Waals surface area contributed by atoms with Gasteiger partial charge in [-0.05, 0) is 11.6 Å². The van der Waals surface area contributed by atoms with Crippen molar-refractivity contribution in [1.29, 1.82) is 0 Å². The molecule has 0 spiro atoms. The van der Waals surface area contributed by atoms with Crippen molar-refractivity contribution in [2.45, 2.75) is 6.61 Å². The number of halogens is 1. The van der Waals surface area contributed by atoms with E-state index in [1.165, 1.54) is 0 Å². The number of hydrogen-bond acceptors (Lipinski definition) is 4. The van der Waals surface area contributed by atoms with Crippen LogP contribution in [0.25, 0.3) is 0 Å². The van der Waals surface area contributed by atoms with E-state index in [9.17, 15) is 0 Å². The van der Waals surface area contributed by atoms with Gasteiger partial charge in [-0.3, -0.25) is 0 Å². The molecule has 1 aromatic heterocycles. The van der Waals surface area contributed by atoms with E-state index in [0.717, 1.165) is 0 Å². The molecule has 0 atom stereocenters. The van der Waals surface area contributed by atoms with Gasteiger partial charge in [0, 0.05) is 7.11 Å². The normalized spacial score (nSPS) is 10.0. The van der Waals surface area contributed by atoms with Crippen LogP contribution in [-0.2, 0) is 11.3 Å². The van der Waals surface area contributed by atoms with Gasteiger partial charge in [-0.25, -0.2) is 0 Å². The Hall–Kier alpha value is -0.610. The first-order chi connectivity index (χ1) is 4.33. The van der Waals surface area contributed by atoms with Crippen LogP contribution in [0.5, 0.6) is 0 Å². The fourth-order valence-electron chi connectivity index (χ4n) is 0.420. The Balaban J connectivity index is 2.61. The second-order valence-electron chi connectivity index (χ2n) is 1.40. The van der Waals surface area contributed by atoms with Gasteiger partial charge >= 0.3 is 5.35 Å². The lowest BCUT2D eigenvalue weighted by atomic mass is 10.7. The van der Waals surface area contributed by atoms with Gasteiger partial charge in [0.15, 0.2) is 5.82 Å². The molecule has 0 N–H and O–H groups in total. The molecule has 1 heterocycles. The number of methoxy groups -OCH3 is 1. The molecule has 0 aromatic carbocycles. The summed E-state index contributed by atoms with van der Waals surface area (Å²) in [4.78, 5) is 3.66. The topological polar surface area (TPSA) is 48.2 Å². The number of rotatable bonds is 2. The van der Waals surface area contributed by atoms with E-state index in [-0.39, 0.29) is 5.35 Å². The molecule has 0 unspecified atom stereocenters. The van der Waals surface area contributed by atoms with Gasteiger partial charge in [0.25, 0.3) is 0 Å². The third-order valence-electron chi connectivity index (χ3n) is 0.717. The Morgan fingerprint density at radius 2 is 2.56 bits per heavy atom. The van der Waals surface area contributed by atoms with E-state index in [2.05, 4.69) is 14.7 Å². The highest BCUT2D eigenvalue weighted by Gasteiger charge is 2.00. The fraction of sp³-hybridized carbons (Fsp3) is 0.500. The largest absolute Gasteiger partial charge is 0.377 e. The maximum absolute atomic E-state index is 5.30. The zero-order valence-corrected chi connectivity index (χ0v) is 5.55. The highest BCUT2D eigenvalue weighted by molar-refractivity contribution is 6.27. The quantitative estimate of drug-likeness (QED) is 0.625. The first-order valence-electron chi connectivity index (χ1n) is 2.30. The highest BCUT2D eigenvalue weighted by Crippen LogP contribution is 2.03. The van der Waals surface area contributed by atoms with Crippen LogP contribution >= 0.6 is 11.6 Å². The average Bonchev–Trinajstić information content (AvgIpc) is 2.17. The van der Waals surface area contributed by atoms with Gasteiger partial charge in [0.2, 0.25) is 0 Å². The minimum absolute atomic E-state index is 0.0436. The Kier molecular flexibility index (Phi) is 2.02. The molecule has 1 aromatic rings. The molecular formula is C4H5ClN2O2. The first-order valence-corrected chi connectivity index (χ1v) is 2.67. The zero-order chi connectivity index (χ0) is 6.69. The number of ether oxygens (including phenoxy) is 1. The molecule has 0 aliphatic carbocycles. The molecule has 0 aliphatic rings. The molecule has 0 bridgehead atoms. The molecule has 0 saturated carbocycles. The van der Waals surface area contributed by atoms with Crippen molar-refractivity contribution < 1.29 is 9.26 Å². The van der Waals surface area contributed by atoms with E-state index in [4.69, 9.17) is 16.3 Å². The predicted octanol–water partition coefficient (Wildman–Crippen LogP) is 0.869. The Labute approximate surface area is 56.8 Å². The molecule has 0 aliphatic heterocycles. The zero-order valence-electron chi connectivity index (χ0n) is 4.80. The van der Waals surface area contributed by atoms with Crippen molar-refractivity contribution >= 4 is 11.6 Å². The second-order valence-corrected chi connectivity index (χ2v) is 1.72. The lowest BCUT2D eigenvalue weighted by Gasteiger charge is -1.85. The summed E-state index contributed by atoms with van der Waals surface area (Å²) >= 11 is 5.30. The molecule has 0 radical (unpaired) electrons. The summed E-state index contributed by atoms with van der Waals surface area (Å²) in [5.41, 5.74) is 0. The van der Waals surface area contributed by atoms with E-state index in [0.29, 0.717) is 12.4 Å². The molecule has 50 valence electrons. The van der Waals surface area contributed by atoms with Gasteiger partial charge in [0.1, 0.15) is 6.61 Å². The molecular weight excluding hydrogens is 144 g/mol. The van der Waals surface area contributed by atoms with Crippen molar-refractivity contribution in [3.8, 4) is 0 Å². The summed E-state index contributed by atoms with van der Waals surface area (Å²) in [6.07, 6.45) is 0. The van der Waals surface area contributed by atoms with Gasteiger partial charge < -0.3 is 9.26 Å². The summed E-state index contributed by atoms with van der Waals surface area (Å²) in [5.74, 6) is 0.461. The minimum atomic E-state index is 0.0436. The summed E-state index contributed by atoms with van der Waals surface area (Å²) in [7, 11) is 1.55. The van der Waals surface area contributed by atoms with Crippen molar-refractivity contribution in [2.75, 3.05) is 7.11 Å². The first kappa shape index (κ1) is 6.51. The van der Waals surface area contributed by atoms with Gasteiger partial charge in [0.05, 0.1) is 0 Å². The maximum Gasteiger partial charge on any atom is 0.320 e. The van der Waals surface area contributed by atoms with Crippen molar-refractivity contribution in [3.05, 3.63) is 11.2 Å². The van der Waals surface area contributed by atoms with E-state index < -0.39 is 0 Å². The van der Waals surface area contributed by atoms with Crippen molar-refractivity contribution in [1.82, 2.24) is 10.1 Å². The summed E-state index contributed by atoms with van der Waals surface area (Å²) < 4.78 is 9.14. The van der Waals surface area contributed by atoms with Crippen LogP contribution in [0.15, 0.2) is 4.52 Å². The minimum Gasteiger partial charge on any atom is -0.377 e. The molecule has 5 heteroatoms. The van der Waals surface area contributed by atoms with Gasteiger partial charge in [-0.15, -0.1) is 0 Å². The van der Waals surface area contributed by atoms with Gasteiger partial charge in [-0.2, -0.15) is 4.98 Å². The summed E-state index contributed by atoms with van der Waals surface area (Å²) in [5, 5.41) is 3.51. The standard InChI is InChI=1S/C4H5ClN2O2/c1-8-2-3-6-4(5)9-7-3/h2H2,1H3. The Morgan fingerprint density at radius 1 is 1.78 bits per heavy atom. The van der Waals surface area contributed by atoms with Crippen LogP contribution in [-0.4, -0.2) is 17.3 Å². The molecule has 4 nitrogen and oxygen atoms in total. The third-order valence-corrected chi connectivity index (χ3v) is 0.870. The smallest absolute Gasteiger partial charge is 0.320 e. The van der Waals surface area contributed by atoms with E-state index >= 15 is 0 Å². The van der Waals surface area contributed by atoms with Crippen LogP contribution in [0, 0.1) is 0 Å². The van der Waals surface area contributed by atoms with E-state index in [1.807, 2.05) is 0 Å². The SMILES string of the molecule is COCc1noc(Cl)n1.